The van der Waals surface area contributed by atoms with Gasteiger partial charge in [0.25, 0.3) is 0 Å². The predicted molar refractivity (Wildman–Crippen MR) is 65.9 cm³/mol. The minimum atomic E-state index is -0.730. The first-order valence-electron chi connectivity index (χ1n) is 5.35. The van der Waals surface area contributed by atoms with Crippen molar-refractivity contribution in [3.8, 4) is 11.4 Å². The highest BCUT2D eigenvalue weighted by Crippen LogP contribution is 2.27. The number of aromatic amines is 1. The Morgan fingerprint density at radius 3 is 2.39 bits per heavy atom. The highest BCUT2D eigenvalue weighted by atomic mass is 19.1. The molecule has 0 spiro atoms. The summed E-state index contributed by atoms with van der Waals surface area (Å²) in [6.07, 6.45) is 0. The molecule has 0 atom stereocenters. The van der Waals surface area contributed by atoms with E-state index in [2.05, 4.69) is 9.97 Å². The van der Waals surface area contributed by atoms with Gasteiger partial charge in [-0.3, -0.25) is 0 Å². The second-order valence-electron chi connectivity index (χ2n) is 3.96. The molecule has 1 heterocycles. The molecule has 3 N–H and O–H groups in total. The summed E-state index contributed by atoms with van der Waals surface area (Å²) in [6.45, 7) is 0. The van der Waals surface area contributed by atoms with Gasteiger partial charge < -0.3 is 10.7 Å². The maximum atomic E-state index is 13.7. The minimum absolute atomic E-state index is 0.0462. The van der Waals surface area contributed by atoms with Gasteiger partial charge >= 0.3 is 0 Å². The molecule has 2 aromatic carbocycles. The van der Waals surface area contributed by atoms with E-state index in [9.17, 15) is 8.78 Å². The Morgan fingerprint density at radius 1 is 1.06 bits per heavy atom. The van der Waals surface area contributed by atoms with Crippen LogP contribution < -0.4 is 5.73 Å². The van der Waals surface area contributed by atoms with Crippen molar-refractivity contribution in [2.45, 2.75) is 0 Å². The molecule has 1 aromatic heterocycles. The molecule has 0 saturated heterocycles. The van der Waals surface area contributed by atoms with Crippen LogP contribution in [0.3, 0.4) is 0 Å². The number of fused-ring (bicyclic) bond motifs is 1. The van der Waals surface area contributed by atoms with Crippen molar-refractivity contribution in [1.29, 1.82) is 0 Å². The Labute approximate surface area is 101 Å². The highest BCUT2D eigenvalue weighted by molar-refractivity contribution is 5.79. The summed E-state index contributed by atoms with van der Waals surface area (Å²) in [5, 5.41) is 0. The smallest absolute Gasteiger partial charge is 0.144 e. The first-order valence-corrected chi connectivity index (χ1v) is 5.35. The van der Waals surface area contributed by atoms with Crippen LogP contribution in [0.25, 0.3) is 22.4 Å². The molecule has 0 bridgehead atoms. The summed E-state index contributed by atoms with van der Waals surface area (Å²) < 4.78 is 27.5. The number of H-pyrrole nitrogens is 1. The van der Waals surface area contributed by atoms with Gasteiger partial charge in [-0.25, -0.2) is 13.8 Å². The second kappa shape index (κ2) is 3.80. The van der Waals surface area contributed by atoms with Crippen LogP contribution in [-0.2, 0) is 0 Å². The molecular formula is C13H9F2N3. The van der Waals surface area contributed by atoms with Crippen LogP contribution in [0.1, 0.15) is 0 Å². The fourth-order valence-electron chi connectivity index (χ4n) is 1.89. The van der Waals surface area contributed by atoms with Crippen molar-refractivity contribution in [3.05, 3.63) is 48.0 Å². The van der Waals surface area contributed by atoms with Gasteiger partial charge in [0.05, 0.1) is 16.6 Å². The van der Waals surface area contributed by atoms with E-state index in [0.717, 1.165) is 17.6 Å². The van der Waals surface area contributed by atoms with E-state index in [4.69, 9.17) is 5.73 Å². The van der Waals surface area contributed by atoms with E-state index in [-0.39, 0.29) is 17.1 Å². The molecule has 0 aliphatic heterocycles. The van der Waals surface area contributed by atoms with E-state index in [1.165, 1.54) is 0 Å². The average Bonchev–Trinajstić information content (AvgIpc) is 2.70. The van der Waals surface area contributed by atoms with Gasteiger partial charge in [0.2, 0.25) is 0 Å². The second-order valence-corrected chi connectivity index (χ2v) is 3.96. The summed E-state index contributed by atoms with van der Waals surface area (Å²) in [5.41, 5.74) is 6.60. The molecule has 3 rings (SSSR count). The van der Waals surface area contributed by atoms with Gasteiger partial charge in [-0.1, -0.05) is 12.1 Å². The SMILES string of the molecule is Nc1cc(F)c(-c2nc3ccccc3[nH]2)c(F)c1. The lowest BCUT2D eigenvalue weighted by molar-refractivity contribution is 0.589. The topological polar surface area (TPSA) is 54.7 Å². The van der Waals surface area contributed by atoms with Gasteiger partial charge in [0.1, 0.15) is 17.5 Å². The molecule has 0 amide bonds. The molecule has 0 fully saturated rings. The third-order valence-electron chi connectivity index (χ3n) is 2.69. The standard InChI is InChI=1S/C13H9F2N3/c14-8-5-7(16)6-9(15)12(8)13-17-10-3-1-2-4-11(10)18-13/h1-6H,16H2,(H,17,18). The number of anilines is 1. The van der Waals surface area contributed by atoms with Crippen LogP contribution in [0, 0.1) is 11.6 Å². The Bertz CT molecular complexity index is 678. The number of aromatic nitrogens is 2. The number of nitrogens with one attached hydrogen (secondary N) is 1. The molecule has 0 saturated carbocycles. The Kier molecular flexibility index (Phi) is 2.26. The fourth-order valence-corrected chi connectivity index (χ4v) is 1.89. The molecule has 0 radical (unpaired) electrons. The Balaban J connectivity index is 2.26. The van der Waals surface area contributed by atoms with Crippen LogP contribution in [0.15, 0.2) is 36.4 Å². The molecule has 90 valence electrons. The number of benzene rings is 2. The number of rotatable bonds is 1. The van der Waals surface area contributed by atoms with Crippen LogP contribution >= 0.6 is 0 Å². The first kappa shape index (κ1) is 10.7. The summed E-state index contributed by atoms with van der Waals surface area (Å²) in [7, 11) is 0. The number of hydrogen-bond acceptors (Lipinski definition) is 2. The van der Waals surface area contributed by atoms with E-state index in [1.807, 2.05) is 12.1 Å². The van der Waals surface area contributed by atoms with Crippen molar-refractivity contribution in [2.24, 2.45) is 0 Å². The summed E-state index contributed by atoms with van der Waals surface area (Å²) in [5.74, 6) is -1.30. The van der Waals surface area contributed by atoms with Crippen LogP contribution in [0.2, 0.25) is 0 Å². The van der Waals surface area contributed by atoms with Crippen molar-refractivity contribution in [3.63, 3.8) is 0 Å². The van der Waals surface area contributed by atoms with E-state index < -0.39 is 11.6 Å². The van der Waals surface area contributed by atoms with Gasteiger partial charge in [-0.05, 0) is 24.3 Å². The largest absolute Gasteiger partial charge is 0.399 e. The van der Waals surface area contributed by atoms with E-state index >= 15 is 0 Å². The monoisotopic (exact) mass is 245 g/mol. The molecule has 5 heteroatoms. The third kappa shape index (κ3) is 1.60. The van der Waals surface area contributed by atoms with Crippen molar-refractivity contribution in [1.82, 2.24) is 9.97 Å². The predicted octanol–water partition coefficient (Wildman–Crippen LogP) is 3.09. The molecule has 3 aromatic rings. The number of hydrogen-bond donors (Lipinski definition) is 2. The molecular weight excluding hydrogens is 236 g/mol. The Hall–Kier alpha value is -2.43. The summed E-state index contributed by atoms with van der Waals surface area (Å²) in [6, 6.07) is 9.33. The van der Waals surface area contributed by atoms with Crippen molar-refractivity contribution in [2.75, 3.05) is 5.73 Å². The highest BCUT2D eigenvalue weighted by Gasteiger charge is 2.16. The normalized spacial score (nSPS) is 11.0. The zero-order valence-corrected chi connectivity index (χ0v) is 9.24. The van der Waals surface area contributed by atoms with Gasteiger partial charge in [0, 0.05) is 5.69 Å². The van der Waals surface area contributed by atoms with E-state index in [0.29, 0.717) is 5.52 Å². The van der Waals surface area contributed by atoms with E-state index in [1.54, 1.807) is 12.1 Å². The minimum Gasteiger partial charge on any atom is -0.399 e. The summed E-state index contributed by atoms with van der Waals surface area (Å²) >= 11 is 0. The third-order valence-corrected chi connectivity index (χ3v) is 2.69. The quantitative estimate of drug-likeness (QED) is 0.647. The number of para-hydroxylation sites is 2. The molecule has 0 aliphatic rings. The molecule has 0 aliphatic carbocycles. The fraction of sp³-hybridized carbons (Fsp3) is 0. The van der Waals surface area contributed by atoms with Gasteiger partial charge in [-0.2, -0.15) is 0 Å². The maximum Gasteiger partial charge on any atom is 0.144 e. The van der Waals surface area contributed by atoms with Crippen LogP contribution in [0.5, 0.6) is 0 Å². The molecule has 18 heavy (non-hydrogen) atoms. The first-order chi connectivity index (χ1) is 8.65. The number of nitrogens with two attached hydrogens (primary N) is 1. The van der Waals surface area contributed by atoms with Crippen LogP contribution in [0.4, 0.5) is 14.5 Å². The number of imidazole rings is 1. The molecule has 3 nitrogen and oxygen atoms in total. The maximum absolute atomic E-state index is 13.7. The number of halogens is 2. The summed E-state index contributed by atoms with van der Waals surface area (Å²) in [4.78, 5) is 7.04. The lowest BCUT2D eigenvalue weighted by atomic mass is 10.1. The van der Waals surface area contributed by atoms with Gasteiger partial charge in [-0.15, -0.1) is 0 Å². The lowest BCUT2D eigenvalue weighted by Crippen LogP contribution is -1.95. The zero-order chi connectivity index (χ0) is 12.7. The number of nitrogen functional groups attached to an aromatic ring is 1. The zero-order valence-electron chi connectivity index (χ0n) is 9.24. The van der Waals surface area contributed by atoms with Crippen molar-refractivity contribution >= 4 is 16.7 Å². The lowest BCUT2D eigenvalue weighted by Gasteiger charge is -2.02. The Morgan fingerprint density at radius 2 is 1.72 bits per heavy atom. The van der Waals surface area contributed by atoms with Crippen LogP contribution in [-0.4, -0.2) is 9.97 Å². The average molecular weight is 245 g/mol. The van der Waals surface area contributed by atoms with Gasteiger partial charge in [0.15, 0.2) is 0 Å². The van der Waals surface area contributed by atoms with Crippen molar-refractivity contribution < 1.29 is 8.78 Å². The number of nitrogens with zero attached hydrogens (tertiary/aromatic N) is 1. The molecule has 0 unspecified atom stereocenters.